The zero-order valence-corrected chi connectivity index (χ0v) is 8.31. The predicted molar refractivity (Wildman–Crippen MR) is 45.6 cm³/mol. The largest absolute Gasteiger partial charge is 0.378 e. The second-order valence-corrected chi connectivity index (χ2v) is 6.37. The number of hydrogen-bond donors (Lipinski definition) is 0. The van der Waals surface area contributed by atoms with Crippen molar-refractivity contribution in [2.24, 2.45) is 11.8 Å². The molecule has 3 nitrogen and oxygen atoms in total. The van der Waals surface area contributed by atoms with E-state index in [2.05, 4.69) is 0 Å². The maximum Gasteiger partial charge on any atom is 0.236 e. The van der Waals surface area contributed by atoms with Crippen LogP contribution in [0, 0.1) is 11.8 Å². The van der Waals surface area contributed by atoms with E-state index in [1.807, 2.05) is 6.92 Å². The minimum Gasteiger partial charge on any atom is -0.378 e. The van der Waals surface area contributed by atoms with Gasteiger partial charge < -0.3 is 4.74 Å². The van der Waals surface area contributed by atoms with Crippen molar-refractivity contribution in [2.75, 3.05) is 6.61 Å². The Bertz CT molecular complexity index is 287. The van der Waals surface area contributed by atoms with Crippen LogP contribution in [0.1, 0.15) is 13.3 Å². The van der Waals surface area contributed by atoms with Crippen LogP contribution in [-0.2, 0) is 13.8 Å². The molecule has 0 spiro atoms. The van der Waals surface area contributed by atoms with E-state index in [-0.39, 0.29) is 23.2 Å². The summed E-state index contributed by atoms with van der Waals surface area (Å²) in [5, 5.41) is -0.369. The number of hydrogen-bond acceptors (Lipinski definition) is 3. The topological polar surface area (TPSA) is 43.4 Å². The molecule has 70 valence electrons. The van der Waals surface area contributed by atoms with Crippen LogP contribution in [0.4, 0.5) is 0 Å². The minimum absolute atomic E-state index is 0.0694. The zero-order valence-electron chi connectivity index (χ0n) is 6.73. The molecule has 2 rings (SSSR count). The lowest BCUT2D eigenvalue weighted by Gasteiger charge is -2.43. The van der Waals surface area contributed by atoms with Gasteiger partial charge >= 0.3 is 0 Å². The van der Waals surface area contributed by atoms with Gasteiger partial charge in [-0.05, 0) is 6.42 Å². The van der Waals surface area contributed by atoms with Crippen LogP contribution in [0.15, 0.2) is 0 Å². The Balaban J connectivity index is 2.20. The van der Waals surface area contributed by atoms with Crippen LogP contribution < -0.4 is 0 Å². The molecular weight excluding hydrogens is 200 g/mol. The summed E-state index contributed by atoms with van der Waals surface area (Å²) in [4.78, 5) is 0. The van der Waals surface area contributed by atoms with Crippen LogP contribution in [0.5, 0.6) is 0 Å². The van der Waals surface area contributed by atoms with Gasteiger partial charge in [0.15, 0.2) is 0 Å². The summed E-state index contributed by atoms with van der Waals surface area (Å²) in [7, 11) is 1.94. The molecule has 0 bridgehead atoms. The van der Waals surface area contributed by atoms with Gasteiger partial charge in [-0.3, -0.25) is 0 Å². The van der Waals surface area contributed by atoms with E-state index in [0.717, 1.165) is 6.42 Å². The van der Waals surface area contributed by atoms with Gasteiger partial charge in [-0.1, -0.05) is 6.92 Å². The van der Waals surface area contributed by atoms with E-state index in [1.165, 1.54) is 0 Å². The summed E-state index contributed by atoms with van der Waals surface area (Å²) in [5.74, 6) is 0.225. The van der Waals surface area contributed by atoms with Crippen molar-refractivity contribution in [2.45, 2.75) is 24.7 Å². The highest BCUT2D eigenvalue weighted by molar-refractivity contribution is 8.14. The first-order valence-corrected chi connectivity index (χ1v) is 6.44. The molecule has 4 atom stereocenters. The molecule has 2 aliphatic rings. The summed E-state index contributed by atoms with van der Waals surface area (Å²) in [6.45, 7) is 2.57. The van der Waals surface area contributed by atoms with Gasteiger partial charge in [-0.25, -0.2) is 8.42 Å². The predicted octanol–water partition coefficient (Wildman–Crippen LogP) is 0.978. The molecule has 1 heterocycles. The SMILES string of the molecule is CC1C2OCCC2C1S(=O)(=O)Cl. The Morgan fingerprint density at radius 2 is 2.17 bits per heavy atom. The second-order valence-electron chi connectivity index (χ2n) is 3.59. The molecule has 0 aromatic rings. The number of halogens is 1. The molecule has 12 heavy (non-hydrogen) atoms. The van der Waals surface area contributed by atoms with E-state index in [4.69, 9.17) is 15.4 Å². The normalized spacial score (nSPS) is 46.8. The molecule has 0 radical (unpaired) electrons. The third kappa shape index (κ3) is 1.09. The Kier molecular flexibility index (Phi) is 1.90. The molecule has 1 saturated heterocycles. The highest BCUT2D eigenvalue weighted by atomic mass is 35.7. The molecule has 1 aliphatic heterocycles. The van der Waals surface area contributed by atoms with Crippen molar-refractivity contribution in [3.8, 4) is 0 Å². The lowest BCUT2D eigenvalue weighted by molar-refractivity contribution is -0.0126. The molecule has 1 saturated carbocycles. The Labute approximate surface area is 76.5 Å². The van der Waals surface area contributed by atoms with Crippen LogP contribution in [0.3, 0.4) is 0 Å². The maximum atomic E-state index is 11.1. The first kappa shape index (κ1) is 8.78. The monoisotopic (exact) mass is 210 g/mol. The third-order valence-electron chi connectivity index (χ3n) is 2.97. The molecule has 1 aliphatic carbocycles. The Morgan fingerprint density at radius 1 is 1.50 bits per heavy atom. The second kappa shape index (κ2) is 2.59. The van der Waals surface area contributed by atoms with Gasteiger partial charge in [0.1, 0.15) is 0 Å². The molecule has 2 fully saturated rings. The molecule has 0 N–H and O–H groups in total. The zero-order chi connectivity index (χ0) is 8.93. The first-order valence-electron chi connectivity index (χ1n) is 4.07. The van der Waals surface area contributed by atoms with Crippen molar-refractivity contribution >= 4 is 19.7 Å². The molecule has 0 aromatic heterocycles. The van der Waals surface area contributed by atoms with Crippen molar-refractivity contribution < 1.29 is 13.2 Å². The van der Waals surface area contributed by atoms with Crippen molar-refractivity contribution in [1.29, 1.82) is 0 Å². The fourth-order valence-electron chi connectivity index (χ4n) is 2.42. The lowest BCUT2D eigenvalue weighted by Crippen LogP contribution is -2.54. The maximum absolute atomic E-state index is 11.1. The summed E-state index contributed by atoms with van der Waals surface area (Å²) in [6.07, 6.45) is 0.981. The minimum atomic E-state index is -3.38. The van der Waals surface area contributed by atoms with Crippen LogP contribution in [-0.4, -0.2) is 26.4 Å². The van der Waals surface area contributed by atoms with Gasteiger partial charge in [0.25, 0.3) is 0 Å². The fraction of sp³-hybridized carbons (Fsp3) is 1.00. The van der Waals surface area contributed by atoms with Crippen molar-refractivity contribution in [1.82, 2.24) is 0 Å². The summed E-state index contributed by atoms with van der Waals surface area (Å²) in [5.41, 5.74) is 0. The molecular formula is C7H11ClO3S. The number of fused-ring (bicyclic) bond motifs is 1. The molecule has 0 amide bonds. The number of rotatable bonds is 1. The van der Waals surface area contributed by atoms with Gasteiger partial charge in [-0.15, -0.1) is 0 Å². The average molecular weight is 211 g/mol. The first-order chi connectivity index (χ1) is 5.52. The van der Waals surface area contributed by atoms with Gasteiger partial charge in [0, 0.05) is 29.1 Å². The van der Waals surface area contributed by atoms with Crippen LogP contribution in [0.2, 0.25) is 0 Å². The standard InChI is InChI=1S/C7H11ClO3S/c1-4-6-5(2-3-11-6)7(4)12(8,9)10/h4-7H,2-3H2,1H3. The average Bonchev–Trinajstić information content (AvgIpc) is 2.27. The van der Waals surface area contributed by atoms with Gasteiger partial charge in [0.2, 0.25) is 9.05 Å². The van der Waals surface area contributed by atoms with E-state index >= 15 is 0 Å². The van der Waals surface area contributed by atoms with Crippen molar-refractivity contribution in [3.05, 3.63) is 0 Å². The van der Waals surface area contributed by atoms with Gasteiger partial charge in [-0.2, -0.15) is 0 Å². The van der Waals surface area contributed by atoms with E-state index in [1.54, 1.807) is 0 Å². The fourth-order valence-corrected chi connectivity index (χ4v) is 4.68. The quantitative estimate of drug-likeness (QED) is 0.606. The smallest absolute Gasteiger partial charge is 0.236 e. The number of ether oxygens (including phenoxy) is 1. The summed E-state index contributed by atoms with van der Waals surface area (Å²) >= 11 is 0. The van der Waals surface area contributed by atoms with Crippen LogP contribution >= 0.6 is 10.7 Å². The highest BCUT2D eigenvalue weighted by Gasteiger charge is 2.56. The Morgan fingerprint density at radius 3 is 2.75 bits per heavy atom. The highest BCUT2D eigenvalue weighted by Crippen LogP contribution is 2.47. The van der Waals surface area contributed by atoms with E-state index < -0.39 is 9.05 Å². The molecule has 0 aromatic carbocycles. The summed E-state index contributed by atoms with van der Waals surface area (Å²) in [6, 6.07) is 0. The molecule has 4 unspecified atom stereocenters. The van der Waals surface area contributed by atoms with Crippen molar-refractivity contribution in [3.63, 3.8) is 0 Å². The summed E-state index contributed by atoms with van der Waals surface area (Å²) < 4.78 is 27.5. The Hall–Kier alpha value is 0.200. The third-order valence-corrected chi connectivity index (χ3v) is 5.01. The van der Waals surface area contributed by atoms with E-state index in [0.29, 0.717) is 6.61 Å². The van der Waals surface area contributed by atoms with E-state index in [9.17, 15) is 8.42 Å². The van der Waals surface area contributed by atoms with Gasteiger partial charge in [0.05, 0.1) is 11.4 Å². The van der Waals surface area contributed by atoms with Crippen LogP contribution in [0.25, 0.3) is 0 Å². The lowest BCUT2D eigenvalue weighted by atomic mass is 9.72. The molecule has 5 heteroatoms.